The summed E-state index contributed by atoms with van der Waals surface area (Å²) in [6.45, 7) is 0. The van der Waals surface area contributed by atoms with Crippen molar-refractivity contribution in [2.75, 3.05) is 0 Å². The molecule has 30 valence electrons. The third-order valence-electron chi connectivity index (χ3n) is 0.136. The molecule has 0 saturated heterocycles. The predicted molar refractivity (Wildman–Crippen MR) is 19.7 cm³/mol. The van der Waals surface area contributed by atoms with Crippen molar-refractivity contribution in [2.24, 2.45) is 0 Å². The molecule has 0 saturated carbocycles. The molecule has 0 amide bonds. The first kappa shape index (κ1) is 10.3. The van der Waals surface area contributed by atoms with Gasteiger partial charge in [-0.1, -0.05) is 0 Å². The molecule has 0 bridgehead atoms. The zero-order valence-corrected chi connectivity index (χ0v) is 8.96. The molecule has 0 rings (SSSR count). The SMILES string of the molecule is [H-].[Na+].[O]=[Al][O]O[SiH3]. The molecule has 0 heterocycles. The maximum absolute atomic E-state index is 9.29. The van der Waals surface area contributed by atoms with E-state index in [1.807, 2.05) is 0 Å². The van der Waals surface area contributed by atoms with Crippen LogP contribution in [0.1, 0.15) is 1.43 Å². The van der Waals surface area contributed by atoms with E-state index in [4.69, 9.17) is 0 Å². The van der Waals surface area contributed by atoms with E-state index >= 15 is 0 Å². The molecule has 6 heteroatoms. The van der Waals surface area contributed by atoms with Crippen molar-refractivity contribution in [1.29, 1.82) is 0 Å². The molecule has 0 radical (unpaired) electrons. The van der Waals surface area contributed by atoms with E-state index in [1.165, 1.54) is 0 Å². The van der Waals surface area contributed by atoms with E-state index in [2.05, 4.69) is 8.52 Å². The van der Waals surface area contributed by atoms with Crippen molar-refractivity contribution in [3.8, 4) is 0 Å². The second-order valence-corrected chi connectivity index (χ2v) is 1.08. The fourth-order valence-electron chi connectivity index (χ4n) is 0.0393. The first-order valence-corrected chi connectivity index (χ1v) is 2.81. The van der Waals surface area contributed by atoms with Crippen LogP contribution in [0.4, 0.5) is 0 Å². The van der Waals surface area contributed by atoms with Gasteiger partial charge < -0.3 is 1.43 Å². The van der Waals surface area contributed by atoms with Gasteiger partial charge in [-0.05, 0) is 0 Å². The molecular formula is H4AlNaO3Si. The van der Waals surface area contributed by atoms with Gasteiger partial charge in [0, 0.05) is 0 Å². The molecule has 0 aliphatic carbocycles. The van der Waals surface area contributed by atoms with Crippen molar-refractivity contribution in [3.63, 3.8) is 0 Å². The van der Waals surface area contributed by atoms with Gasteiger partial charge in [0.15, 0.2) is 0 Å². The number of hydrogen-bond donors (Lipinski definition) is 0. The number of rotatable bonds is 2. The molecule has 0 aromatic rings. The molecule has 0 atom stereocenters. The molecule has 0 aliphatic rings. The molecule has 6 heavy (non-hydrogen) atoms. The Morgan fingerprint density at radius 2 is 2.33 bits per heavy atom. The topological polar surface area (TPSA) is 35.5 Å². The van der Waals surface area contributed by atoms with Gasteiger partial charge in [0.25, 0.3) is 0 Å². The summed E-state index contributed by atoms with van der Waals surface area (Å²) in [5, 5.41) is 0. The first-order valence-electron chi connectivity index (χ1n) is 1.05. The third kappa shape index (κ3) is 9.00. The summed E-state index contributed by atoms with van der Waals surface area (Å²) in [6.07, 6.45) is 0. The Morgan fingerprint density at radius 1 is 1.83 bits per heavy atom. The van der Waals surface area contributed by atoms with E-state index in [9.17, 15) is 3.80 Å². The van der Waals surface area contributed by atoms with Crippen LogP contribution in [0.25, 0.3) is 0 Å². The van der Waals surface area contributed by atoms with Crippen molar-refractivity contribution in [1.82, 2.24) is 0 Å². The Labute approximate surface area is 68.9 Å². The molecule has 3 nitrogen and oxygen atoms in total. The van der Waals surface area contributed by atoms with Gasteiger partial charge in [-0.2, -0.15) is 0 Å². The van der Waals surface area contributed by atoms with Crippen molar-refractivity contribution in [2.45, 2.75) is 0 Å². The monoisotopic (exact) mass is 130 g/mol. The minimum absolute atomic E-state index is 0. The summed E-state index contributed by atoms with van der Waals surface area (Å²) in [5.74, 6) is 0. The van der Waals surface area contributed by atoms with Gasteiger partial charge in [-0.3, -0.25) is 0 Å². The fourth-order valence-corrected chi connectivity index (χ4v) is 0.354. The Hall–Kier alpha value is 1.31. The van der Waals surface area contributed by atoms with Gasteiger partial charge in [0.05, 0.1) is 0 Å². The Bertz CT molecular complexity index is 36.1. The molecule has 0 aromatic heterocycles. The Morgan fingerprint density at radius 3 is 2.33 bits per heavy atom. The first-order chi connectivity index (χ1) is 2.41. The van der Waals surface area contributed by atoms with Crippen LogP contribution >= 0.6 is 0 Å². The van der Waals surface area contributed by atoms with E-state index in [1.54, 1.807) is 0 Å². The normalized spacial score (nSPS) is 5.33. The zero-order chi connectivity index (χ0) is 4.12. The summed E-state index contributed by atoms with van der Waals surface area (Å²) < 4.78 is 17.3. The summed E-state index contributed by atoms with van der Waals surface area (Å²) in [5.41, 5.74) is 0. The summed E-state index contributed by atoms with van der Waals surface area (Å²) >= 11 is -1.15. The quantitative estimate of drug-likeness (QED) is 0.214. The molecular weight excluding hydrogens is 126 g/mol. The van der Waals surface area contributed by atoms with Crippen molar-refractivity contribution < 1.29 is 43.3 Å². The van der Waals surface area contributed by atoms with E-state index in [0.29, 0.717) is 10.5 Å². The Kier molecular flexibility index (Phi) is 16.5. The van der Waals surface area contributed by atoms with Crippen LogP contribution in [0.3, 0.4) is 0 Å². The van der Waals surface area contributed by atoms with Crippen LogP contribution in [0.15, 0.2) is 0 Å². The standard InChI is InChI=1S/Al.Na.H4O2Si.O.H/c;;1-2-3;;/h;;1H,3H3;;/q2*+1;;;-1/p-1. The van der Waals surface area contributed by atoms with Gasteiger partial charge in [0.1, 0.15) is 0 Å². The molecule has 0 unspecified atom stereocenters. The Balaban J connectivity index is -0.0000000800. The molecule has 0 aromatic carbocycles. The van der Waals surface area contributed by atoms with Crippen LogP contribution < -0.4 is 29.6 Å². The summed E-state index contributed by atoms with van der Waals surface area (Å²) in [6, 6.07) is 0. The van der Waals surface area contributed by atoms with Crippen LogP contribution in [0.5, 0.6) is 0 Å². The minimum atomic E-state index is -1.15. The van der Waals surface area contributed by atoms with Gasteiger partial charge in [-0.25, -0.2) is 0 Å². The molecule has 0 fully saturated rings. The van der Waals surface area contributed by atoms with Crippen molar-refractivity contribution >= 4 is 26.0 Å². The van der Waals surface area contributed by atoms with E-state index in [-0.39, 0.29) is 31.0 Å². The van der Waals surface area contributed by atoms with E-state index in [0.717, 1.165) is 0 Å². The second kappa shape index (κ2) is 9.58. The summed E-state index contributed by atoms with van der Waals surface area (Å²) in [4.78, 5) is 0. The number of hydrogen-bond acceptors (Lipinski definition) is 3. The average Bonchev–Trinajstić information content (AvgIpc) is 1.41. The van der Waals surface area contributed by atoms with Crippen molar-refractivity contribution in [3.05, 3.63) is 0 Å². The van der Waals surface area contributed by atoms with E-state index < -0.39 is 15.5 Å². The zero-order valence-electron chi connectivity index (χ0n) is 4.80. The maximum atomic E-state index is 9.29. The third-order valence-corrected chi connectivity index (χ3v) is 0.984. The van der Waals surface area contributed by atoms with Gasteiger partial charge >= 0.3 is 67.8 Å². The van der Waals surface area contributed by atoms with Crippen LogP contribution in [-0.4, -0.2) is 26.0 Å². The summed E-state index contributed by atoms with van der Waals surface area (Å²) in [7, 11) is 0.497. The van der Waals surface area contributed by atoms with Crippen LogP contribution in [-0.2, 0) is 12.3 Å². The van der Waals surface area contributed by atoms with Crippen LogP contribution in [0, 0.1) is 0 Å². The van der Waals surface area contributed by atoms with Gasteiger partial charge in [0.2, 0.25) is 0 Å². The van der Waals surface area contributed by atoms with Crippen LogP contribution in [0.2, 0.25) is 0 Å². The van der Waals surface area contributed by atoms with Gasteiger partial charge in [-0.15, -0.1) is 0 Å². The second-order valence-electron chi connectivity index (χ2n) is 0.359. The average molecular weight is 130 g/mol. The molecule has 0 aliphatic heterocycles. The molecule has 0 spiro atoms. The fraction of sp³-hybridized carbons (Fsp3) is 0. The predicted octanol–water partition coefficient (Wildman–Crippen LogP) is -4.70. The molecule has 0 N–H and O–H groups in total.